The molecule has 0 aliphatic heterocycles. The molecule has 1 heterocycles. The van der Waals surface area contributed by atoms with Gasteiger partial charge in [0.15, 0.2) is 0 Å². The molecular weight excluding hydrogens is 198 g/mol. The summed E-state index contributed by atoms with van der Waals surface area (Å²) in [6.45, 7) is 4.23. The molecule has 2 aromatic rings. The van der Waals surface area contributed by atoms with Gasteiger partial charge in [0.1, 0.15) is 6.07 Å². The van der Waals surface area contributed by atoms with Crippen LogP contribution in [-0.2, 0) is 0 Å². The van der Waals surface area contributed by atoms with E-state index >= 15 is 0 Å². The SMILES string of the molecule is CC(C)c1ccnc2c(C#N)cc(N)cc12. The van der Waals surface area contributed by atoms with Gasteiger partial charge in [-0.1, -0.05) is 13.8 Å². The van der Waals surface area contributed by atoms with Crippen molar-refractivity contribution >= 4 is 16.6 Å². The molecule has 1 aromatic heterocycles. The summed E-state index contributed by atoms with van der Waals surface area (Å²) in [6, 6.07) is 7.67. The number of pyridine rings is 1. The number of nitrogen functional groups attached to an aromatic ring is 1. The molecular formula is C13H13N3. The van der Waals surface area contributed by atoms with Gasteiger partial charge in [-0.05, 0) is 29.7 Å². The van der Waals surface area contributed by atoms with Crippen molar-refractivity contribution in [2.75, 3.05) is 5.73 Å². The highest BCUT2D eigenvalue weighted by Crippen LogP contribution is 2.27. The molecule has 0 aliphatic carbocycles. The van der Waals surface area contributed by atoms with E-state index in [1.165, 1.54) is 5.56 Å². The Balaban J connectivity index is 2.89. The van der Waals surface area contributed by atoms with E-state index in [1.807, 2.05) is 12.1 Å². The van der Waals surface area contributed by atoms with Crippen LogP contribution in [0.2, 0.25) is 0 Å². The van der Waals surface area contributed by atoms with E-state index in [9.17, 15) is 0 Å². The Morgan fingerprint density at radius 3 is 2.75 bits per heavy atom. The van der Waals surface area contributed by atoms with Crippen LogP contribution >= 0.6 is 0 Å². The van der Waals surface area contributed by atoms with Gasteiger partial charge in [0.05, 0.1) is 11.1 Å². The van der Waals surface area contributed by atoms with Crippen LogP contribution in [0.15, 0.2) is 24.4 Å². The average Bonchev–Trinajstić information content (AvgIpc) is 2.26. The summed E-state index contributed by atoms with van der Waals surface area (Å²) in [5.41, 5.74) is 8.85. The van der Waals surface area contributed by atoms with Gasteiger partial charge in [-0.15, -0.1) is 0 Å². The highest BCUT2D eigenvalue weighted by Gasteiger charge is 2.09. The fraction of sp³-hybridized carbons (Fsp3) is 0.231. The van der Waals surface area contributed by atoms with Crippen LogP contribution in [0.4, 0.5) is 5.69 Å². The minimum Gasteiger partial charge on any atom is -0.399 e. The van der Waals surface area contributed by atoms with Gasteiger partial charge in [0.2, 0.25) is 0 Å². The molecule has 0 amide bonds. The van der Waals surface area contributed by atoms with Crippen LogP contribution in [0.25, 0.3) is 10.9 Å². The van der Waals surface area contributed by atoms with Crippen LogP contribution in [0.1, 0.15) is 30.9 Å². The van der Waals surface area contributed by atoms with E-state index in [-0.39, 0.29) is 0 Å². The molecule has 3 nitrogen and oxygen atoms in total. The molecule has 2 N–H and O–H groups in total. The predicted octanol–water partition coefficient (Wildman–Crippen LogP) is 2.81. The molecule has 0 aliphatic rings. The van der Waals surface area contributed by atoms with E-state index < -0.39 is 0 Å². The van der Waals surface area contributed by atoms with Crippen molar-refractivity contribution in [3.63, 3.8) is 0 Å². The fourth-order valence-corrected chi connectivity index (χ4v) is 1.89. The first-order valence-corrected chi connectivity index (χ1v) is 5.21. The quantitative estimate of drug-likeness (QED) is 0.738. The van der Waals surface area contributed by atoms with Gasteiger partial charge in [0.25, 0.3) is 0 Å². The molecule has 0 bridgehead atoms. The maximum Gasteiger partial charge on any atom is 0.101 e. The standard InChI is InChI=1S/C13H13N3/c1-8(2)11-3-4-16-13-9(7-14)5-10(15)6-12(11)13/h3-6,8H,15H2,1-2H3. The number of hydrogen-bond donors (Lipinski definition) is 1. The normalized spacial score (nSPS) is 10.6. The Morgan fingerprint density at radius 1 is 1.38 bits per heavy atom. The van der Waals surface area contributed by atoms with Gasteiger partial charge >= 0.3 is 0 Å². The molecule has 1 aromatic carbocycles. The molecule has 16 heavy (non-hydrogen) atoms. The van der Waals surface area contributed by atoms with Gasteiger partial charge in [0, 0.05) is 17.3 Å². The number of nitrogens with two attached hydrogens (primary N) is 1. The summed E-state index contributed by atoms with van der Waals surface area (Å²) < 4.78 is 0. The third kappa shape index (κ3) is 1.59. The second-order valence-corrected chi connectivity index (χ2v) is 4.13. The smallest absolute Gasteiger partial charge is 0.101 e. The number of hydrogen-bond acceptors (Lipinski definition) is 3. The summed E-state index contributed by atoms with van der Waals surface area (Å²) in [5, 5.41) is 10.0. The highest BCUT2D eigenvalue weighted by molar-refractivity contribution is 5.90. The van der Waals surface area contributed by atoms with E-state index in [1.54, 1.807) is 12.3 Å². The summed E-state index contributed by atoms with van der Waals surface area (Å²) in [6.07, 6.45) is 1.74. The maximum atomic E-state index is 9.04. The second kappa shape index (κ2) is 3.82. The van der Waals surface area contributed by atoms with E-state index in [4.69, 9.17) is 11.0 Å². The summed E-state index contributed by atoms with van der Waals surface area (Å²) in [5.74, 6) is 0.388. The van der Waals surface area contributed by atoms with Gasteiger partial charge in [-0.3, -0.25) is 4.98 Å². The van der Waals surface area contributed by atoms with Crippen molar-refractivity contribution in [3.05, 3.63) is 35.5 Å². The van der Waals surface area contributed by atoms with Gasteiger partial charge < -0.3 is 5.73 Å². The maximum absolute atomic E-state index is 9.04. The molecule has 0 spiro atoms. The first-order chi connectivity index (χ1) is 7.63. The third-order valence-electron chi connectivity index (χ3n) is 2.64. The number of fused-ring (bicyclic) bond motifs is 1. The number of nitrogens with zero attached hydrogens (tertiary/aromatic N) is 2. The lowest BCUT2D eigenvalue weighted by molar-refractivity contribution is 0.874. The van der Waals surface area contributed by atoms with Gasteiger partial charge in [-0.2, -0.15) is 5.26 Å². The number of anilines is 1. The van der Waals surface area contributed by atoms with Crippen molar-refractivity contribution in [1.82, 2.24) is 4.98 Å². The third-order valence-corrected chi connectivity index (χ3v) is 2.64. The second-order valence-electron chi connectivity index (χ2n) is 4.13. The number of benzene rings is 1. The fourth-order valence-electron chi connectivity index (χ4n) is 1.89. The summed E-state index contributed by atoms with van der Waals surface area (Å²) in [7, 11) is 0. The van der Waals surface area contributed by atoms with Crippen LogP contribution in [0, 0.1) is 11.3 Å². The van der Waals surface area contributed by atoms with Crippen molar-refractivity contribution in [2.24, 2.45) is 0 Å². The van der Waals surface area contributed by atoms with Crippen molar-refractivity contribution in [2.45, 2.75) is 19.8 Å². The Kier molecular flexibility index (Phi) is 2.49. The molecule has 0 saturated heterocycles. The van der Waals surface area contributed by atoms with Crippen LogP contribution in [-0.4, -0.2) is 4.98 Å². The van der Waals surface area contributed by atoms with Crippen molar-refractivity contribution < 1.29 is 0 Å². The number of nitriles is 1. The largest absolute Gasteiger partial charge is 0.399 e. The Labute approximate surface area is 94.5 Å². The molecule has 3 heteroatoms. The molecule has 0 saturated carbocycles. The van der Waals surface area contributed by atoms with Crippen LogP contribution in [0.5, 0.6) is 0 Å². The minimum atomic E-state index is 0.388. The predicted molar refractivity (Wildman–Crippen MR) is 65.0 cm³/mol. The summed E-state index contributed by atoms with van der Waals surface area (Å²) in [4.78, 5) is 4.26. The number of aromatic nitrogens is 1. The lowest BCUT2D eigenvalue weighted by atomic mass is 9.97. The molecule has 0 unspecified atom stereocenters. The Bertz CT molecular complexity index is 579. The highest BCUT2D eigenvalue weighted by atomic mass is 14.7. The van der Waals surface area contributed by atoms with Crippen molar-refractivity contribution in [1.29, 1.82) is 5.26 Å². The first kappa shape index (κ1) is 10.4. The van der Waals surface area contributed by atoms with E-state index in [0.29, 0.717) is 17.2 Å². The first-order valence-electron chi connectivity index (χ1n) is 5.21. The van der Waals surface area contributed by atoms with E-state index in [0.717, 1.165) is 10.9 Å². The topological polar surface area (TPSA) is 62.7 Å². The summed E-state index contributed by atoms with van der Waals surface area (Å²) >= 11 is 0. The zero-order valence-corrected chi connectivity index (χ0v) is 9.36. The number of rotatable bonds is 1. The molecule has 0 atom stereocenters. The van der Waals surface area contributed by atoms with Crippen LogP contribution < -0.4 is 5.73 Å². The van der Waals surface area contributed by atoms with E-state index in [2.05, 4.69) is 24.9 Å². The molecule has 2 rings (SSSR count). The minimum absolute atomic E-state index is 0.388. The molecule has 0 fully saturated rings. The lowest BCUT2D eigenvalue weighted by Crippen LogP contribution is -1.95. The van der Waals surface area contributed by atoms with Crippen LogP contribution in [0.3, 0.4) is 0 Å². The van der Waals surface area contributed by atoms with Gasteiger partial charge in [-0.25, -0.2) is 0 Å². The van der Waals surface area contributed by atoms with Crippen molar-refractivity contribution in [3.8, 4) is 6.07 Å². The molecule has 80 valence electrons. The zero-order chi connectivity index (χ0) is 11.7. The zero-order valence-electron chi connectivity index (χ0n) is 9.36. The monoisotopic (exact) mass is 211 g/mol. The lowest BCUT2D eigenvalue weighted by Gasteiger charge is -2.10. The average molecular weight is 211 g/mol. The Morgan fingerprint density at radius 2 is 2.12 bits per heavy atom. The molecule has 0 radical (unpaired) electrons. The Hall–Kier alpha value is -2.08.